The minimum atomic E-state index is 0.460. The van der Waals surface area contributed by atoms with Crippen LogP contribution in [0.25, 0.3) is 0 Å². The van der Waals surface area contributed by atoms with E-state index in [2.05, 4.69) is 49.4 Å². The van der Waals surface area contributed by atoms with E-state index in [0.29, 0.717) is 12.5 Å². The first kappa shape index (κ1) is 15.1. The number of benzene rings is 2. The van der Waals surface area contributed by atoms with E-state index in [-0.39, 0.29) is 0 Å². The number of nitriles is 1. The van der Waals surface area contributed by atoms with E-state index in [4.69, 9.17) is 16.9 Å². The van der Waals surface area contributed by atoms with Crippen LogP contribution in [0, 0.1) is 18.3 Å². The average Bonchev–Trinajstić information content (AvgIpc) is 3.16. The Labute approximate surface area is 137 Å². The van der Waals surface area contributed by atoms with Crippen LogP contribution in [0.5, 0.6) is 0 Å². The molecule has 0 bridgehead atoms. The molecule has 22 heavy (non-hydrogen) atoms. The molecule has 0 N–H and O–H groups in total. The molecule has 2 atom stereocenters. The summed E-state index contributed by atoms with van der Waals surface area (Å²) in [6.45, 7) is 5.16. The molecular weight excluding hydrogens is 292 g/mol. The zero-order valence-electron chi connectivity index (χ0n) is 12.8. The van der Waals surface area contributed by atoms with Gasteiger partial charge in [0.05, 0.1) is 12.5 Å². The third-order valence-electron chi connectivity index (χ3n) is 4.57. The predicted molar refractivity (Wildman–Crippen MR) is 89.2 cm³/mol. The van der Waals surface area contributed by atoms with E-state index in [9.17, 15) is 0 Å². The molecule has 0 spiro atoms. The lowest BCUT2D eigenvalue weighted by Gasteiger charge is -2.21. The van der Waals surface area contributed by atoms with Crippen LogP contribution in [-0.4, -0.2) is 17.1 Å². The summed E-state index contributed by atoms with van der Waals surface area (Å²) < 4.78 is 0.984. The lowest BCUT2D eigenvalue weighted by Crippen LogP contribution is -2.28. The average molecular weight is 312 g/mol. The number of aryl methyl sites for hydroxylation is 1. The standard InChI is InChI=1S/C19H20ClN2/c1-15-2-4-16(5-3-15)12-22(14-19(22)10-11-21)13-17-6-8-18(20)9-7-17/h2-9,19H,10,12-14H2,1H3/q+1. The topological polar surface area (TPSA) is 23.8 Å². The van der Waals surface area contributed by atoms with Gasteiger partial charge in [-0.15, -0.1) is 0 Å². The van der Waals surface area contributed by atoms with Crippen molar-refractivity contribution in [3.05, 3.63) is 70.2 Å². The largest absolute Gasteiger partial charge is 0.303 e. The van der Waals surface area contributed by atoms with Crippen molar-refractivity contribution in [1.82, 2.24) is 0 Å². The molecule has 2 unspecified atom stereocenters. The van der Waals surface area contributed by atoms with Gasteiger partial charge in [-0.2, -0.15) is 5.26 Å². The highest BCUT2D eigenvalue weighted by Gasteiger charge is 2.54. The van der Waals surface area contributed by atoms with E-state index in [1.807, 2.05) is 12.1 Å². The van der Waals surface area contributed by atoms with Crippen molar-refractivity contribution in [3.8, 4) is 6.07 Å². The molecule has 2 nitrogen and oxygen atoms in total. The summed E-state index contributed by atoms with van der Waals surface area (Å²) in [7, 11) is 0. The lowest BCUT2D eigenvalue weighted by atomic mass is 10.1. The van der Waals surface area contributed by atoms with Gasteiger partial charge in [0.15, 0.2) is 6.04 Å². The monoisotopic (exact) mass is 311 g/mol. The van der Waals surface area contributed by atoms with E-state index < -0.39 is 0 Å². The van der Waals surface area contributed by atoms with Gasteiger partial charge < -0.3 is 4.48 Å². The summed E-state index contributed by atoms with van der Waals surface area (Å²) >= 11 is 5.97. The maximum atomic E-state index is 9.04. The number of quaternary nitrogens is 1. The van der Waals surface area contributed by atoms with Crippen molar-refractivity contribution >= 4 is 11.6 Å². The summed E-state index contributed by atoms with van der Waals surface area (Å²) in [6, 6.07) is 19.6. The first-order valence-corrected chi connectivity index (χ1v) is 8.02. The van der Waals surface area contributed by atoms with Crippen molar-refractivity contribution in [3.63, 3.8) is 0 Å². The smallest absolute Gasteiger partial charge is 0.152 e. The second-order valence-corrected chi connectivity index (χ2v) is 6.78. The fourth-order valence-corrected chi connectivity index (χ4v) is 3.32. The van der Waals surface area contributed by atoms with E-state index in [0.717, 1.165) is 29.1 Å². The molecule has 3 heteroatoms. The Morgan fingerprint density at radius 3 is 2.14 bits per heavy atom. The number of hydrogen-bond donors (Lipinski definition) is 0. The van der Waals surface area contributed by atoms with Gasteiger partial charge in [0.2, 0.25) is 0 Å². The summed E-state index contributed by atoms with van der Waals surface area (Å²) in [5.74, 6) is 0. The first-order chi connectivity index (χ1) is 10.6. The fourth-order valence-electron chi connectivity index (χ4n) is 3.19. The van der Waals surface area contributed by atoms with Crippen LogP contribution in [-0.2, 0) is 13.1 Å². The summed E-state index contributed by atoms with van der Waals surface area (Å²) in [4.78, 5) is 0. The molecule has 112 valence electrons. The number of hydrogen-bond acceptors (Lipinski definition) is 1. The van der Waals surface area contributed by atoms with Crippen LogP contribution in [0.4, 0.5) is 0 Å². The van der Waals surface area contributed by atoms with Crippen LogP contribution in [0.3, 0.4) is 0 Å². The normalized spacial score (nSPS) is 23.0. The van der Waals surface area contributed by atoms with Crippen molar-refractivity contribution in [2.24, 2.45) is 0 Å². The zero-order valence-corrected chi connectivity index (χ0v) is 13.6. The summed E-state index contributed by atoms with van der Waals surface area (Å²) in [6.07, 6.45) is 0.638. The third kappa shape index (κ3) is 3.32. The molecule has 2 aromatic rings. The van der Waals surface area contributed by atoms with E-state index in [1.165, 1.54) is 16.7 Å². The summed E-state index contributed by atoms with van der Waals surface area (Å²) in [5.41, 5.74) is 3.92. The quantitative estimate of drug-likeness (QED) is 0.590. The second kappa shape index (κ2) is 6.12. The Hall–Kier alpha value is -1.82. The first-order valence-electron chi connectivity index (χ1n) is 7.64. The molecule has 1 aliphatic rings. The maximum absolute atomic E-state index is 9.04. The molecule has 0 amide bonds. The van der Waals surface area contributed by atoms with Crippen LogP contribution in [0.1, 0.15) is 23.1 Å². The van der Waals surface area contributed by atoms with Gasteiger partial charge in [-0.25, -0.2) is 0 Å². The maximum Gasteiger partial charge on any atom is 0.152 e. The molecule has 2 aromatic carbocycles. The van der Waals surface area contributed by atoms with Crippen LogP contribution in [0.2, 0.25) is 5.02 Å². The molecule has 0 radical (unpaired) electrons. The number of rotatable bonds is 5. The Bertz CT molecular complexity index is 635. The Morgan fingerprint density at radius 1 is 1.05 bits per heavy atom. The molecule has 1 fully saturated rings. The van der Waals surface area contributed by atoms with Crippen LogP contribution >= 0.6 is 11.6 Å². The van der Waals surface area contributed by atoms with Gasteiger partial charge >= 0.3 is 0 Å². The molecule has 1 heterocycles. The van der Waals surface area contributed by atoms with E-state index in [1.54, 1.807) is 0 Å². The SMILES string of the molecule is Cc1ccc(C[N+]2(Cc3ccc(Cl)cc3)CC2CC#N)cc1. The molecule has 0 saturated carbocycles. The van der Waals surface area contributed by atoms with Crippen LogP contribution < -0.4 is 0 Å². The predicted octanol–water partition coefficient (Wildman–Crippen LogP) is 4.46. The van der Waals surface area contributed by atoms with Crippen molar-refractivity contribution in [2.75, 3.05) is 6.54 Å². The number of halogens is 1. The lowest BCUT2D eigenvalue weighted by molar-refractivity contribution is -0.841. The van der Waals surface area contributed by atoms with Crippen molar-refractivity contribution < 1.29 is 4.48 Å². The van der Waals surface area contributed by atoms with Gasteiger partial charge in [0.25, 0.3) is 0 Å². The molecule has 0 aliphatic carbocycles. The van der Waals surface area contributed by atoms with Crippen molar-refractivity contribution in [2.45, 2.75) is 32.5 Å². The molecule has 0 aromatic heterocycles. The van der Waals surface area contributed by atoms with Gasteiger partial charge in [0, 0.05) is 16.1 Å². The van der Waals surface area contributed by atoms with Crippen molar-refractivity contribution in [1.29, 1.82) is 5.26 Å². The Balaban J connectivity index is 1.78. The van der Waals surface area contributed by atoms with Crippen LogP contribution in [0.15, 0.2) is 48.5 Å². The second-order valence-electron chi connectivity index (χ2n) is 6.35. The molecule has 1 saturated heterocycles. The Kier molecular flexibility index (Phi) is 4.20. The Morgan fingerprint density at radius 2 is 1.59 bits per heavy atom. The minimum Gasteiger partial charge on any atom is -0.303 e. The summed E-state index contributed by atoms with van der Waals surface area (Å²) in [5, 5.41) is 9.81. The van der Waals surface area contributed by atoms with Gasteiger partial charge in [-0.05, 0) is 19.1 Å². The van der Waals surface area contributed by atoms with Gasteiger partial charge in [-0.3, -0.25) is 0 Å². The third-order valence-corrected chi connectivity index (χ3v) is 4.82. The highest BCUT2D eigenvalue weighted by atomic mass is 35.5. The zero-order chi connectivity index (χ0) is 15.6. The fraction of sp³-hybridized carbons (Fsp3) is 0.316. The molecular formula is C19H20ClN2+. The highest BCUT2D eigenvalue weighted by molar-refractivity contribution is 6.30. The van der Waals surface area contributed by atoms with Gasteiger partial charge in [0.1, 0.15) is 19.6 Å². The minimum absolute atomic E-state index is 0.460. The van der Waals surface area contributed by atoms with E-state index >= 15 is 0 Å². The molecule has 1 aliphatic heterocycles. The number of nitrogens with zero attached hydrogens (tertiary/aromatic N) is 2. The molecule has 3 rings (SSSR count). The van der Waals surface area contributed by atoms with Gasteiger partial charge in [-0.1, -0.05) is 53.6 Å². The highest BCUT2D eigenvalue weighted by Crippen LogP contribution is 2.38.